The van der Waals surface area contributed by atoms with Crippen LogP contribution in [0.15, 0.2) is 0 Å². The first-order valence-electron chi connectivity index (χ1n) is 5.76. The molecular weight excluding hydrogens is 194 g/mol. The topological polar surface area (TPSA) is 49.8 Å². The zero-order chi connectivity index (χ0) is 10.8. The highest BCUT2D eigenvalue weighted by atomic mass is 16.5. The van der Waals surface area contributed by atoms with Crippen molar-refractivity contribution < 1.29 is 14.6 Å². The van der Waals surface area contributed by atoms with Gasteiger partial charge in [-0.2, -0.15) is 0 Å². The maximum atomic E-state index is 11.5. The molecule has 2 aliphatic rings. The van der Waals surface area contributed by atoms with Gasteiger partial charge in [0.25, 0.3) is 0 Å². The van der Waals surface area contributed by atoms with Crippen LogP contribution in [0.4, 0.5) is 4.79 Å². The number of hydrogen-bond acceptors (Lipinski definition) is 3. The molecule has 1 aliphatic carbocycles. The summed E-state index contributed by atoms with van der Waals surface area (Å²) in [6, 6.07) is 0.204. The summed E-state index contributed by atoms with van der Waals surface area (Å²) in [6.45, 7) is 0.778. The van der Waals surface area contributed by atoms with E-state index in [2.05, 4.69) is 0 Å². The van der Waals surface area contributed by atoms with Gasteiger partial charge in [0.05, 0.1) is 13.2 Å². The lowest BCUT2D eigenvalue weighted by atomic mass is 9.94. The number of hydrogen-bond donors (Lipinski definition) is 1. The van der Waals surface area contributed by atoms with Gasteiger partial charge in [0, 0.05) is 18.5 Å². The first-order chi connectivity index (χ1) is 7.24. The molecule has 0 spiro atoms. The van der Waals surface area contributed by atoms with Crippen LogP contribution < -0.4 is 0 Å². The third-order valence-electron chi connectivity index (χ3n) is 3.73. The van der Waals surface area contributed by atoms with Gasteiger partial charge in [-0.3, -0.25) is 0 Å². The molecule has 2 rings (SSSR count). The minimum absolute atomic E-state index is 0.204. The molecule has 0 aromatic heterocycles. The van der Waals surface area contributed by atoms with Crippen molar-refractivity contribution in [2.75, 3.05) is 13.7 Å². The van der Waals surface area contributed by atoms with Gasteiger partial charge in [-0.05, 0) is 25.7 Å². The Kier molecular flexibility index (Phi) is 3.14. The number of likely N-dealkylation sites (tertiary alicyclic amines) is 1. The summed E-state index contributed by atoms with van der Waals surface area (Å²) in [5.74, 6) is 0.270. The minimum Gasteiger partial charge on any atom is -0.453 e. The van der Waals surface area contributed by atoms with Crippen LogP contribution in [0.3, 0.4) is 0 Å². The first kappa shape index (κ1) is 10.7. The van der Waals surface area contributed by atoms with E-state index < -0.39 is 0 Å². The number of rotatable bonds is 1. The van der Waals surface area contributed by atoms with Gasteiger partial charge in [-0.1, -0.05) is 6.42 Å². The van der Waals surface area contributed by atoms with Crippen molar-refractivity contribution in [2.24, 2.45) is 5.92 Å². The summed E-state index contributed by atoms with van der Waals surface area (Å²) in [5, 5.41) is 9.84. The molecule has 3 unspecified atom stereocenters. The van der Waals surface area contributed by atoms with Gasteiger partial charge >= 0.3 is 6.09 Å². The second-order valence-electron chi connectivity index (χ2n) is 4.54. The lowest BCUT2D eigenvalue weighted by Gasteiger charge is -2.30. The Hall–Kier alpha value is -0.770. The van der Waals surface area contributed by atoms with E-state index >= 15 is 0 Å². The molecule has 1 saturated heterocycles. The van der Waals surface area contributed by atoms with Crippen molar-refractivity contribution >= 4 is 6.09 Å². The molecule has 4 nitrogen and oxygen atoms in total. The van der Waals surface area contributed by atoms with Gasteiger partial charge in [0.1, 0.15) is 0 Å². The van der Waals surface area contributed by atoms with Gasteiger partial charge < -0.3 is 14.7 Å². The average molecular weight is 213 g/mol. The molecule has 2 fully saturated rings. The molecule has 0 aromatic carbocycles. The second-order valence-corrected chi connectivity index (χ2v) is 4.54. The van der Waals surface area contributed by atoms with E-state index in [4.69, 9.17) is 4.74 Å². The van der Waals surface area contributed by atoms with Crippen LogP contribution in [0.25, 0.3) is 0 Å². The SMILES string of the molecule is COC(=O)N1CCCC1C1CCCC1O. The molecule has 86 valence electrons. The number of ether oxygens (including phenoxy) is 1. The van der Waals surface area contributed by atoms with E-state index in [1.807, 2.05) is 0 Å². The summed E-state index contributed by atoms with van der Waals surface area (Å²) in [7, 11) is 1.42. The maximum Gasteiger partial charge on any atom is 0.409 e. The molecule has 1 amide bonds. The van der Waals surface area contributed by atoms with Gasteiger partial charge in [0.2, 0.25) is 0 Å². The summed E-state index contributed by atoms with van der Waals surface area (Å²) < 4.78 is 4.76. The Labute approximate surface area is 90.2 Å². The largest absolute Gasteiger partial charge is 0.453 e. The zero-order valence-electron chi connectivity index (χ0n) is 9.19. The minimum atomic E-state index is -0.239. The van der Waals surface area contributed by atoms with Gasteiger partial charge in [0.15, 0.2) is 0 Å². The van der Waals surface area contributed by atoms with E-state index in [0.29, 0.717) is 0 Å². The van der Waals surface area contributed by atoms with Crippen molar-refractivity contribution in [1.29, 1.82) is 0 Å². The fraction of sp³-hybridized carbons (Fsp3) is 0.909. The van der Waals surface area contributed by atoms with Crippen molar-refractivity contribution in [2.45, 2.75) is 44.2 Å². The third-order valence-corrected chi connectivity index (χ3v) is 3.73. The van der Waals surface area contributed by atoms with Crippen molar-refractivity contribution in [3.8, 4) is 0 Å². The molecule has 0 aromatic rings. The number of aliphatic hydroxyl groups is 1. The molecule has 15 heavy (non-hydrogen) atoms. The maximum absolute atomic E-state index is 11.5. The standard InChI is InChI=1S/C11H19NO3/c1-15-11(14)12-7-3-5-9(12)8-4-2-6-10(8)13/h8-10,13H,2-7H2,1H3. The van der Waals surface area contributed by atoms with E-state index in [0.717, 1.165) is 38.6 Å². The molecule has 3 atom stereocenters. The Morgan fingerprint density at radius 3 is 2.73 bits per heavy atom. The third kappa shape index (κ3) is 1.95. The van der Waals surface area contributed by atoms with Crippen LogP contribution in [0, 0.1) is 5.92 Å². The smallest absolute Gasteiger partial charge is 0.409 e. The lowest BCUT2D eigenvalue weighted by Crippen LogP contribution is -2.42. The van der Waals surface area contributed by atoms with Crippen molar-refractivity contribution in [1.82, 2.24) is 4.90 Å². The summed E-state index contributed by atoms with van der Waals surface area (Å²) in [5.41, 5.74) is 0. The number of methoxy groups -OCH3 is 1. The highest BCUT2D eigenvalue weighted by Crippen LogP contribution is 2.35. The van der Waals surface area contributed by atoms with Crippen LogP contribution in [0.5, 0.6) is 0 Å². The molecule has 4 heteroatoms. The molecule has 1 N–H and O–H groups in total. The predicted molar refractivity (Wildman–Crippen MR) is 55.5 cm³/mol. The summed E-state index contributed by atoms with van der Waals surface area (Å²) >= 11 is 0. The number of nitrogens with zero attached hydrogens (tertiary/aromatic N) is 1. The molecule has 1 aliphatic heterocycles. The summed E-state index contributed by atoms with van der Waals surface area (Å²) in [6.07, 6.45) is 4.59. The van der Waals surface area contributed by atoms with E-state index in [9.17, 15) is 9.90 Å². The van der Waals surface area contributed by atoms with E-state index in [1.54, 1.807) is 4.90 Å². The van der Waals surface area contributed by atoms with Crippen LogP contribution in [0.1, 0.15) is 32.1 Å². The number of amides is 1. The van der Waals surface area contributed by atoms with Crippen molar-refractivity contribution in [3.63, 3.8) is 0 Å². The van der Waals surface area contributed by atoms with E-state index in [1.165, 1.54) is 7.11 Å². The Morgan fingerprint density at radius 2 is 2.13 bits per heavy atom. The number of carbonyl (C=O) groups excluding carboxylic acids is 1. The highest BCUT2D eigenvalue weighted by molar-refractivity contribution is 5.68. The Bertz CT molecular complexity index is 244. The predicted octanol–water partition coefficient (Wildman–Crippen LogP) is 1.38. The molecule has 1 heterocycles. The Morgan fingerprint density at radius 1 is 1.33 bits per heavy atom. The number of carbonyl (C=O) groups is 1. The molecule has 0 radical (unpaired) electrons. The quantitative estimate of drug-likeness (QED) is 0.716. The fourth-order valence-electron chi connectivity index (χ4n) is 3.00. The first-order valence-corrected chi connectivity index (χ1v) is 5.76. The number of aliphatic hydroxyl groups excluding tert-OH is 1. The van der Waals surface area contributed by atoms with Crippen LogP contribution in [-0.4, -0.2) is 41.9 Å². The van der Waals surface area contributed by atoms with Crippen molar-refractivity contribution in [3.05, 3.63) is 0 Å². The average Bonchev–Trinajstić information content (AvgIpc) is 2.84. The normalized spacial score (nSPS) is 35.9. The highest BCUT2D eigenvalue weighted by Gasteiger charge is 2.40. The molecule has 0 bridgehead atoms. The van der Waals surface area contributed by atoms with Crippen LogP contribution in [-0.2, 0) is 4.74 Å². The lowest BCUT2D eigenvalue weighted by molar-refractivity contribution is 0.0643. The molecule has 1 saturated carbocycles. The van der Waals surface area contributed by atoms with Crippen LogP contribution in [0.2, 0.25) is 0 Å². The fourth-order valence-corrected chi connectivity index (χ4v) is 3.00. The molecular formula is C11H19NO3. The zero-order valence-corrected chi connectivity index (χ0v) is 9.19. The van der Waals surface area contributed by atoms with Gasteiger partial charge in [-0.25, -0.2) is 4.79 Å². The Balaban J connectivity index is 2.04. The van der Waals surface area contributed by atoms with E-state index in [-0.39, 0.29) is 24.2 Å². The summed E-state index contributed by atoms with van der Waals surface area (Å²) in [4.78, 5) is 13.3. The monoisotopic (exact) mass is 213 g/mol. The van der Waals surface area contributed by atoms with Crippen LogP contribution >= 0.6 is 0 Å². The second kappa shape index (κ2) is 4.39. The van der Waals surface area contributed by atoms with Gasteiger partial charge in [-0.15, -0.1) is 0 Å².